The molecular weight excluding hydrogens is 575 g/mol. The molecule has 2 aliphatic heterocycles. The van der Waals surface area contributed by atoms with Crippen LogP contribution < -0.4 is 0 Å². The summed E-state index contributed by atoms with van der Waals surface area (Å²) >= 11 is 4.84. The second-order valence-corrected chi connectivity index (χ2v) is 12.4. The summed E-state index contributed by atoms with van der Waals surface area (Å²) in [4.78, 5) is 33.8. The fraction of sp³-hybridized carbons (Fsp3) is 0.519. The first-order valence-corrected chi connectivity index (χ1v) is 14.7. The Labute approximate surface area is 233 Å². The van der Waals surface area contributed by atoms with Crippen LogP contribution in [0.5, 0.6) is 0 Å². The van der Waals surface area contributed by atoms with Crippen molar-refractivity contribution in [2.75, 3.05) is 39.1 Å². The molecule has 0 N–H and O–H groups in total. The Morgan fingerprint density at radius 2 is 2.05 bits per heavy atom. The number of hydrogen-bond donors (Lipinski definition) is 0. The Hall–Kier alpha value is -2.37. The summed E-state index contributed by atoms with van der Waals surface area (Å²) in [6, 6.07) is 3.96. The number of likely N-dealkylation sites (tertiary alicyclic amines) is 1. The van der Waals surface area contributed by atoms with Gasteiger partial charge in [0, 0.05) is 36.1 Å². The van der Waals surface area contributed by atoms with Gasteiger partial charge in [0.1, 0.15) is 22.8 Å². The molecule has 2 amide bonds. The van der Waals surface area contributed by atoms with E-state index in [0.29, 0.717) is 54.6 Å². The monoisotopic (exact) mass is 606 g/mol. The van der Waals surface area contributed by atoms with Crippen LogP contribution >= 0.6 is 27.7 Å². The quantitative estimate of drug-likeness (QED) is 0.357. The molecule has 204 valence electrons. The minimum atomic E-state index is -0.589. The molecule has 5 rings (SSSR count). The number of morpholine rings is 1. The predicted molar refractivity (Wildman–Crippen MR) is 149 cm³/mol. The van der Waals surface area contributed by atoms with E-state index >= 15 is 4.39 Å². The second-order valence-electron chi connectivity index (χ2n) is 10.8. The Balaban J connectivity index is 1.68. The van der Waals surface area contributed by atoms with Crippen LogP contribution in [0.25, 0.3) is 21.8 Å². The standard InChI is InChI=1S/C27H32BrFN4O4S/c1-15-10-18-23(22(29)21(15)28)30-25(38-5)19-11-17(13-31-8-9-36-14-20(31)34)33(24(18)19)16-6-7-32(12-16)26(35)37-27(2,3)4/h10-11,16H,6-9,12-14H2,1-5H3. The van der Waals surface area contributed by atoms with Gasteiger partial charge in [-0.1, -0.05) is 0 Å². The number of carbonyl (C=O) groups excluding carboxylic acids is 2. The van der Waals surface area contributed by atoms with Crippen molar-refractivity contribution in [3.05, 3.63) is 33.7 Å². The van der Waals surface area contributed by atoms with E-state index in [4.69, 9.17) is 14.5 Å². The molecule has 0 aliphatic carbocycles. The predicted octanol–water partition coefficient (Wildman–Crippen LogP) is 5.66. The van der Waals surface area contributed by atoms with Crippen LogP contribution in [0.2, 0.25) is 0 Å². The zero-order chi connectivity index (χ0) is 27.4. The van der Waals surface area contributed by atoms with Gasteiger partial charge < -0.3 is 23.8 Å². The van der Waals surface area contributed by atoms with E-state index in [-0.39, 0.29) is 24.6 Å². The molecule has 2 fully saturated rings. The fourth-order valence-corrected chi connectivity index (χ4v) is 6.12. The zero-order valence-corrected chi connectivity index (χ0v) is 24.7. The number of thioether (sulfide) groups is 1. The van der Waals surface area contributed by atoms with Crippen LogP contribution in [-0.2, 0) is 20.8 Å². The number of carbonyl (C=O) groups is 2. The van der Waals surface area contributed by atoms with Gasteiger partial charge in [-0.3, -0.25) is 4.79 Å². The van der Waals surface area contributed by atoms with Crippen LogP contribution in [0.3, 0.4) is 0 Å². The van der Waals surface area contributed by atoms with Gasteiger partial charge in [0.2, 0.25) is 5.91 Å². The lowest BCUT2D eigenvalue weighted by Gasteiger charge is -2.28. The lowest BCUT2D eigenvalue weighted by Crippen LogP contribution is -2.41. The highest BCUT2D eigenvalue weighted by Crippen LogP contribution is 2.40. The molecule has 3 aromatic rings. The average molecular weight is 608 g/mol. The number of ether oxygens (including phenoxy) is 2. The van der Waals surface area contributed by atoms with Gasteiger partial charge in [-0.2, -0.15) is 0 Å². The van der Waals surface area contributed by atoms with Crippen LogP contribution in [-0.4, -0.2) is 76.1 Å². The molecule has 2 aliphatic rings. The summed E-state index contributed by atoms with van der Waals surface area (Å²) in [7, 11) is 0. The van der Waals surface area contributed by atoms with E-state index in [2.05, 4.69) is 26.6 Å². The van der Waals surface area contributed by atoms with Gasteiger partial charge >= 0.3 is 6.09 Å². The van der Waals surface area contributed by atoms with Crippen molar-refractivity contribution in [1.82, 2.24) is 19.4 Å². The molecule has 1 atom stereocenters. The SMILES string of the molecule is CSc1nc2c(F)c(Br)c(C)cc2c2c1cc(CN1CCOCC1=O)n2C1CCN(C(=O)OC(C)(C)C)C1. The number of rotatable bonds is 4. The molecule has 1 aromatic carbocycles. The molecule has 2 aromatic heterocycles. The summed E-state index contributed by atoms with van der Waals surface area (Å²) < 4.78 is 29.1. The molecule has 11 heteroatoms. The fourth-order valence-electron chi connectivity index (χ4n) is 5.26. The number of pyridine rings is 1. The van der Waals surface area contributed by atoms with E-state index in [0.717, 1.165) is 27.2 Å². The van der Waals surface area contributed by atoms with E-state index in [9.17, 15) is 9.59 Å². The zero-order valence-electron chi connectivity index (χ0n) is 22.3. The third-order valence-corrected chi connectivity index (χ3v) is 8.66. The molecule has 4 heterocycles. The summed E-state index contributed by atoms with van der Waals surface area (Å²) in [6.07, 6.45) is 2.30. The van der Waals surface area contributed by atoms with Crippen molar-refractivity contribution in [3.63, 3.8) is 0 Å². The smallest absolute Gasteiger partial charge is 0.410 e. The lowest BCUT2D eigenvalue weighted by atomic mass is 10.1. The number of halogens is 2. The van der Waals surface area contributed by atoms with Gasteiger partial charge in [0.05, 0.1) is 29.2 Å². The molecule has 0 radical (unpaired) electrons. The average Bonchev–Trinajstić information content (AvgIpc) is 3.48. The van der Waals surface area contributed by atoms with E-state index in [1.165, 1.54) is 11.8 Å². The highest BCUT2D eigenvalue weighted by Gasteiger charge is 2.34. The Bertz CT molecular complexity index is 1440. The van der Waals surface area contributed by atoms with Crippen molar-refractivity contribution in [2.24, 2.45) is 0 Å². The highest BCUT2D eigenvalue weighted by molar-refractivity contribution is 9.10. The third-order valence-electron chi connectivity index (χ3n) is 6.99. The van der Waals surface area contributed by atoms with Crippen molar-refractivity contribution in [1.29, 1.82) is 0 Å². The number of benzene rings is 1. The van der Waals surface area contributed by atoms with Gasteiger partial charge in [-0.25, -0.2) is 14.2 Å². The number of aromatic nitrogens is 2. The maximum atomic E-state index is 15.5. The number of aryl methyl sites for hydroxylation is 1. The van der Waals surface area contributed by atoms with E-state index in [1.807, 2.05) is 40.0 Å². The summed E-state index contributed by atoms with van der Waals surface area (Å²) in [5.74, 6) is -0.453. The number of fused-ring (bicyclic) bond motifs is 3. The maximum absolute atomic E-state index is 15.5. The minimum absolute atomic E-state index is 0.0613. The number of hydrogen-bond acceptors (Lipinski definition) is 6. The molecule has 0 bridgehead atoms. The lowest BCUT2D eigenvalue weighted by molar-refractivity contribution is -0.143. The molecule has 0 saturated carbocycles. The van der Waals surface area contributed by atoms with Gasteiger partial charge in [-0.05, 0) is 74.0 Å². The summed E-state index contributed by atoms with van der Waals surface area (Å²) in [5, 5.41) is 2.35. The number of nitrogens with zero attached hydrogens (tertiary/aromatic N) is 4. The van der Waals surface area contributed by atoms with Crippen LogP contribution in [0.15, 0.2) is 21.6 Å². The Morgan fingerprint density at radius 3 is 2.74 bits per heavy atom. The normalized spacial score (nSPS) is 18.7. The molecule has 38 heavy (non-hydrogen) atoms. The third kappa shape index (κ3) is 5.00. The van der Waals surface area contributed by atoms with E-state index in [1.54, 1.807) is 9.80 Å². The topological polar surface area (TPSA) is 76.9 Å². The first-order chi connectivity index (χ1) is 18.0. The summed E-state index contributed by atoms with van der Waals surface area (Å²) in [6.45, 7) is 9.88. The first kappa shape index (κ1) is 27.2. The second kappa shape index (κ2) is 10.3. The van der Waals surface area contributed by atoms with Crippen LogP contribution in [0.1, 0.15) is 44.5 Å². The minimum Gasteiger partial charge on any atom is -0.444 e. The van der Waals surface area contributed by atoms with Crippen molar-refractivity contribution < 1.29 is 23.5 Å². The largest absolute Gasteiger partial charge is 0.444 e. The van der Waals surface area contributed by atoms with Crippen molar-refractivity contribution >= 4 is 61.5 Å². The number of amides is 2. The molecule has 0 spiro atoms. The highest BCUT2D eigenvalue weighted by atomic mass is 79.9. The molecular formula is C27H32BrFN4O4S. The van der Waals surface area contributed by atoms with Crippen molar-refractivity contribution in [3.8, 4) is 0 Å². The van der Waals surface area contributed by atoms with E-state index < -0.39 is 11.4 Å². The van der Waals surface area contributed by atoms with Crippen LogP contribution in [0, 0.1) is 12.7 Å². The molecule has 8 nitrogen and oxygen atoms in total. The Morgan fingerprint density at radius 1 is 1.29 bits per heavy atom. The van der Waals surface area contributed by atoms with Gasteiger partial charge in [0.25, 0.3) is 0 Å². The van der Waals surface area contributed by atoms with Gasteiger partial charge in [0.15, 0.2) is 5.82 Å². The molecule has 1 unspecified atom stereocenters. The molecule has 2 saturated heterocycles. The van der Waals surface area contributed by atoms with Crippen molar-refractivity contribution in [2.45, 2.75) is 57.3 Å². The van der Waals surface area contributed by atoms with Crippen LogP contribution in [0.4, 0.5) is 9.18 Å². The Kier molecular flexibility index (Phi) is 7.38. The van der Waals surface area contributed by atoms with Gasteiger partial charge in [-0.15, -0.1) is 11.8 Å². The maximum Gasteiger partial charge on any atom is 0.410 e. The first-order valence-electron chi connectivity index (χ1n) is 12.7. The summed E-state index contributed by atoms with van der Waals surface area (Å²) in [5.41, 5.74) is 2.29.